The zero-order valence-corrected chi connectivity index (χ0v) is 9.83. The van der Waals surface area contributed by atoms with Crippen molar-refractivity contribution in [3.63, 3.8) is 0 Å². The minimum atomic E-state index is -0.448. The zero-order chi connectivity index (χ0) is 11.8. The first-order valence-corrected chi connectivity index (χ1v) is 5.68. The average molecular weight is 223 g/mol. The first-order chi connectivity index (χ1) is 7.50. The molecule has 16 heavy (non-hydrogen) atoms. The molecule has 0 heterocycles. The molecule has 0 radical (unpaired) electrons. The molecule has 0 aromatic heterocycles. The number of hydrogen-bond donors (Lipinski definition) is 1. The molecular weight excluding hydrogens is 205 g/mol. The van der Waals surface area contributed by atoms with Gasteiger partial charge in [-0.2, -0.15) is 0 Å². The summed E-state index contributed by atoms with van der Waals surface area (Å²) < 4.78 is 13.6. The first-order valence-electron chi connectivity index (χ1n) is 5.68. The van der Waals surface area contributed by atoms with Crippen molar-refractivity contribution in [3.8, 4) is 0 Å². The van der Waals surface area contributed by atoms with Gasteiger partial charge in [-0.25, -0.2) is 4.39 Å². The third kappa shape index (κ3) is 2.53. The van der Waals surface area contributed by atoms with Crippen LogP contribution in [-0.4, -0.2) is 24.8 Å². The normalized spacial score (nSPS) is 17.2. The SMILES string of the molecule is CN(C)c1ccc(CCC2(O)CC2)cc1F. The van der Waals surface area contributed by atoms with Crippen molar-refractivity contribution in [1.29, 1.82) is 0 Å². The summed E-state index contributed by atoms with van der Waals surface area (Å²) in [6.07, 6.45) is 3.28. The summed E-state index contributed by atoms with van der Waals surface area (Å²) in [6.45, 7) is 0. The second kappa shape index (κ2) is 4.06. The second-order valence-corrected chi connectivity index (χ2v) is 4.90. The van der Waals surface area contributed by atoms with Gasteiger partial charge < -0.3 is 10.0 Å². The van der Waals surface area contributed by atoms with Gasteiger partial charge in [-0.3, -0.25) is 0 Å². The molecule has 0 unspecified atom stereocenters. The quantitative estimate of drug-likeness (QED) is 0.847. The highest BCUT2D eigenvalue weighted by molar-refractivity contribution is 5.47. The Morgan fingerprint density at radius 3 is 2.56 bits per heavy atom. The van der Waals surface area contributed by atoms with Crippen LogP contribution in [0.3, 0.4) is 0 Å². The third-order valence-electron chi connectivity index (χ3n) is 3.20. The van der Waals surface area contributed by atoms with Crippen molar-refractivity contribution < 1.29 is 9.50 Å². The van der Waals surface area contributed by atoms with Crippen molar-refractivity contribution in [2.75, 3.05) is 19.0 Å². The molecule has 2 nitrogen and oxygen atoms in total. The molecule has 1 aromatic rings. The number of aliphatic hydroxyl groups is 1. The van der Waals surface area contributed by atoms with Gasteiger partial charge in [0.25, 0.3) is 0 Å². The van der Waals surface area contributed by atoms with Crippen molar-refractivity contribution in [3.05, 3.63) is 29.6 Å². The summed E-state index contributed by atoms with van der Waals surface area (Å²) in [5.74, 6) is -0.190. The molecule has 0 aliphatic heterocycles. The molecule has 0 bridgehead atoms. The fraction of sp³-hybridized carbons (Fsp3) is 0.538. The van der Waals surface area contributed by atoms with Gasteiger partial charge in [-0.15, -0.1) is 0 Å². The summed E-state index contributed by atoms with van der Waals surface area (Å²) in [7, 11) is 3.65. The van der Waals surface area contributed by atoms with E-state index in [4.69, 9.17) is 0 Å². The zero-order valence-electron chi connectivity index (χ0n) is 9.83. The maximum atomic E-state index is 13.6. The van der Waals surface area contributed by atoms with E-state index < -0.39 is 5.60 Å². The fourth-order valence-electron chi connectivity index (χ4n) is 1.84. The predicted molar refractivity (Wildman–Crippen MR) is 63.2 cm³/mol. The van der Waals surface area contributed by atoms with Gasteiger partial charge in [0.05, 0.1) is 11.3 Å². The largest absolute Gasteiger partial charge is 0.390 e. The Hall–Kier alpha value is -1.09. The van der Waals surface area contributed by atoms with E-state index in [2.05, 4.69) is 0 Å². The van der Waals surface area contributed by atoms with E-state index >= 15 is 0 Å². The van der Waals surface area contributed by atoms with E-state index in [1.54, 1.807) is 17.0 Å². The van der Waals surface area contributed by atoms with Crippen LogP contribution in [0.1, 0.15) is 24.8 Å². The molecule has 2 rings (SSSR count). The number of anilines is 1. The Bertz CT molecular complexity index is 386. The lowest BCUT2D eigenvalue weighted by molar-refractivity contribution is 0.140. The molecule has 1 N–H and O–H groups in total. The Kier molecular flexibility index (Phi) is 2.89. The molecule has 1 aliphatic rings. The van der Waals surface area contributed by atoms with Crippen molar-refractivity contribution in [2.45, 2.75) is 31.3 Å². The first kappa shape index (κ1) is 11.4. The second-order valence-electron chi connectivity index (χ2n) is 4.90. The molecule has 0 amide bonds. The van der Waals surface area contributed by atoms with Gasteiger partial charge >= 0.3 is 0 Å². The fourth-order valence-corrected chi connectivity index (χ4v) is 1.84. The summed E-state index contributed by atoms with van der Waals surface area (Å²) in [5.41, 5.74) is 1.12. The molecule has 0 atom stereocenters. The van der Waals surface area contributed by atoms with Crippen LogP contribution in [0.2, 0.25) is 0 Å². The minimum absolute atomic E-state index is 0.190. The summed E-state index contributed by atoms with van der Waals surface area (Å²) >= 11 is 0. The predicted octanol–water partition coefficient (Wildman–Crippen LogP) is 2.35. The maximum absolute atomic E-state index is 13.6. The van der Waals surface area contributed by atoms with Crippen molar-refractivity contribution >= 4 is 5.69 Å². The minimum Gasteiger partial charge on any atom is -0.390 e. The smallest absolute Gasteiger partial charge is 0.146 e. The lowest BCUT2D eigenvalue weighted by Gasteiger charge is -2.14. The average Bonchev–Trinajstić information content (AvgIpc) is 2.94. The standard InChI is InChI=1S/C13H18FNO/c1-15(2)12-4-3-10(9-11(12)14)5-6-13(16)7-8-13/h3-4,9,16H,5-8H2,1-2H3. The van der Waals surface area contributed by atoms with Crippen LogP contribution >= 0.6 is 0 Å². The summed E-state index contributed by atoms with van der Waals surface area (Å²) in [4.78, 5) is 1.76. The summed E-state index contributed by atoms with van der Waals surface area (Å²) in [5, 5.41) is 9.70. The van der Waals surface area contributed by atoms with Crippen LogP contribution in [0.15, 0.2) is 18.2 Å². The van der Waals surface area contributed by atoms with Crippen LogP contribution in [0, 0.1) is 5.82 Å². The van der Waals surface area contributed by atoms with Crippen molar-refractivity contribution in [2.24, 2.45) is 0 Å². The van der Waals surface area contributed by atoms with Crippen LogP contribution in [-0.2, 0) is 6.42 Å². The van der Waals surface area contributed by atoms with Gasteiger partial charge in [-0.1, -0.05) is 6.07 Å². The lowest BCUT2D eigenvalue weighted by atomic mass is 10.0. The Morgan fingerprint density at radius 1 is 1.38 bits per heavy atom. The number of hydrogen-bond acceptors (Lipinski definition) is 2. The highest BCUT2D eigenvalue weighted by Gasteiger charge is 2.39. The van der Waals surface area contributed by atoms with Crippen LogP contribution in [0.4, 0.5) is 10.1 Å². The van der Waals surface area contributed by atoms with E-state index in [1.165, 1.54) is 0 Å². The van der Waals surface area contributed by atoms with Crippen LogP contribution in [0.5, 0.6) is 0 Å². The van der Waals surface area contributed by atoms with E-state index in [0.29, 0.717) is 5.69 Å². The number of aryl methyl sites for hydroxylation is 1. The molecule has 88 valence electrons. The van der Waals surface area contributed by atoms with Gasteiger partial charge in [0, 0.05) is 14.1 Å². The molecule has 1 fully saturated rings. The maximum Gasteiger partial charge on any atom is 0.146 e. The van der Waals surface area contributed by atoms with Crippen molar-refractivity contribution in [1.82, 2.24) is 0 Å². The van der Waals surface area contributed by atoms with Gasteiger partial charge in [0.1, 0.15) is 5.82 Å². The molecule has 0 saturated heterocycles. The highest BCUT2D eigenvalue weighted by atomic mass is 19.1. The van der Waals surface area contributed by atoms with Gasteiger partial charge in [0.15, 0.2) is 0 Å². The van der Waals surface area contributed by atoms with Gasteiger partial charge in [-0.05, 0) is 43.4 Å². The number of nitrogens with zero attached hydrogens (tertiary/aromatic N) is 1. The Labute approximate surface area is 95.7 Å². The highest BCUT2D eigenvalue weighted by Crippen LogP contribution is 2.39. The van der Waals surface area contributed by atoms with Crippen LogP contribution < -0.4 is 4.90 Å². The van der Waals surface area contributed by atoms with Crippen LogP contribution in [0.25, 0.3) is 0 Å². The number of rotatable bonds is 4. The molecule has 1 aromatic carbocycles. The Morgan fingerprint density at radius 2 is 2.06 bits per heavy atom. The Balaban J connectivity index is 2.03. The van der Waals surface area contributed by atoms with E-state index in [1.807, 2.05) is 20.2 Å². The van der Waals surface area contributed by atoms with Gasteiger partial charge in [0.2, 0.25) is 0 Å². The summed E-state index contributed by atoms with van der Waals surface area (Å²) in [6, 6.07) is 5.30. The van der Waals surface area contributed by atoms with E-state index in [-0.39, 0.29) is 5.82 Å². The molecule has 0 spiro atoms. The van der Waals surface area contributed by atoms with E-state index in [0.717, 1.165) is 31.2 Å². The lowest BCUT2D eigenvalue weighted by Crippen LogP contribution is -2.11. The monoisotopic (exact) mass is 223 g/mol. The number of benzene rings is 1. The third-order valence-corrected chi connectivity index (χ3v) is 3.20. The molecular formula is C13H18FNO. The molecule has 1 aliphatic carbocycles. The molecule has 1 saturated carbocycles. The topological polar surface area (TPSA) is 23.5 Å². The molecule has 3 heteroatoms. The van der Waals surface area contributed by atoms with E-state index in [9.17, 15) is 9.50 Å². The number of halogens is 1.